The highest BCUT2D eigenvalue weighted by Gasteiger charge is 2.34. The maximum atomic E-state index is 13.0. The number of amides is 2. The minimum absolute atomic E-state index is 0.00673. The van der Waals surface area contributed by atoms with Crippen LogP contribution in [-0.2, 0) is 22.6 Å². The number of nitrogens with zero attached hydrogens (tertiary/aromatic N) is 1. The topological polar surface area (TPSA) is 67.9 Å². The third-order valence-electron chi connectivity index (χ3n) is 5.06. The van der Waals surface area contributed by atoms with Gasteiger partial charge in [0.15, 0.2) is 11.5 Å². The number of ether oxygens (including phenoxy) is 2. The summed E-state index contributed by atoms with van der Waals surface area (Å²) in [6.07, 6.45) is 1.15. The van der Waals surface area contributed by atoms with E-state index < -0.39 is 6.04 Å². The molecule has 2 aromatic rings. The molecular weight excluding hydrogens is 344 g/mol. The predicted octanol–water partition coefficient (Wildman–Crippen LogP) is 2.57. The Kier molecular flexibility index (Phi) is 4.71. The minimum atomic E-state index is -0.587. The van der Waals surface area contributed by atoms with E-state index in [9.17, 15) is 9.59 Å². The first-order valence-corrected chi connectivity index (χ1v) is 9.21. The van der Waals surface area contributed by atoms with Crippen molar-refractivity contribution in [3.63, 3.8) is 0 Å². The highest BCUT2D eigenvalue weighted by Crippen LogP contribution is 2.33. The molecule has 0 saturated carbocycles. The maximum absolute atomic E-state index is 13.0. The van der Waals surface area contributed by atoms with E-state index in [1.165, 1.54) is 0 Å². The number of benzene rings is 2. The minimum Gasteiger partial charge on any atom is -0.454 e. The molecule has 27 heavy (non-hydrogen) atoms. The van der Waals surface area contributed by atoms with Gasteiger partial charge in [-0.1, -0.05) is 37.3 Å². The Hall–Kier alpha value is -3.02. The maximum Gasteiger partial charge on any atom is 0.247 e. The molecule has 2 heterocycles. The average Bonchev–Trinajstić information content (AvgIpc) is 3.18. The number of rotatable bonds is 4. The molecule has 0 aliphatic carbocycles. The lowest BCUT2D eigenvalue weighted by Gasteiger charge is -2.36. The van der Waals surface area contributed by atoms with Crippen LogP contribution in [0.15, 0.2) is 42.5 Å². The molecule has 2 aliphatic rings. The Labute approximate surface area is 158 Å². The van der Waals surface area contributed by atoms with Gasteiger partial charge in [0.25, 0.3) is 0 Å². The molecule has 2 aromatic carbocycles. The first-order valence-electron chi connectivity index (χ1n) is 9.21. The molecule has 0 radical (unpaired) electrons. The van der Waals surface area contributed by atoms with Crippen molar-refractivity contribution in [2.24, 2.45) is 0 Å². The molecule has 1 atom stereocenters. The number of nitrogens with one attached hydrogen (secondary N) is 1. The number of carbonyl (C=O) groups excluding carboxylic acids is 2. The van der Waals surface area contributed by atoms with Crippen LogP contribution in [0.25, 0.3) is 0 Å². The zero-order valence-corrected chi connectivity index (χ0v) is 15.2. The first-order chi connectivity index (χ1) is 13.2. The van der Waals surface area contributed by atoms with Crippen LogP contribution >= 0.6 is 0 Å². The van der Waals surface area contributed by atoms with E-state index in [2.05, 4.69) is 5.32 Å². The van der Waals surface area contributed by atoms with Gasteiger partial charge in [0.05, 0.1) is 0 Å². The number of hydrogen-bond donors (Lipinski definition) is 1. The SMILES string of the molecule is CCC(=O)N1CCc2ccccc2[C@@H]1C(=O)NCc1ccc2c(c1)OCO2. The third-order valence-corrected chi connectivity index (χ3v) is 5.06. The smallest absolute Gasteiger partial charge is 0.247 e. The van der Waals surface area contributed by atoms with Crippen LogP contribution < -0.4 is 14.8 Å². The highest BCUT2D eigenvalue weighted by atomic mass is 16.7. The molecule has 2 aliphatic heterocycles. The molecule has 2 amide bonds. The zero-order chi connectivity index (χ0) is 18.8. The predicted molar refractivity (Wildman–Crippen MR) is 99.3 cm³/mol. The molecule has 0 saturated heterocycles. The summed E-state index contributed by atoms with van der Waals surface area (Å²) in [4.78, 5) is 27.1. The molecule has 140 valence electrons. The van der Waals surface area contributed by atoms with E-state index >= 15 is 0 Å². The van der Waals surface area contributed by atoms with Crippen molar-refractivity contribution in [1.29, 1.82) is 0 Å². The molecule has 6 nitrogen and oxygen atoms in total. The summed E-state index contributed by atoms with van der Waals surface area (Å²) in [5.41, 5.74) is 2.96. The van der Waals surface area contributed by atoms with Gasteiger partial charge in [-0.3, -0.25) is 9.59 Å². The molecule has 4 rings (SSSR count). The summed E-state index contributed by atoms with van der Waals surface area (Å²) in [6.45, 7) is 2.97. The quantitative estimate of drug-likeness (QED) is 0.903. The lowest BCUT2D eigenvalue weighted by atomic mass is 9.91. The second kappa shape index (κ2) is 7.31. The van der Waals surface area contributed by atoms with Crippen LogP contribution in [0, 0.1) is 0 Å². The van der Waals surface area contributed by atoms with Crippen molar-refractivity contribution in [3.8, 4) is 11.5 Å². The van der Waals surface area contributed by atoms with E-state index in [1.807, 2.05) is 49.4 Å². The van der Waals surface area contributed by atoms with Crippen molar-refractivity contribution in [1.82, 2.24) is 10.2 Å². The average molecular weight is 366 g/mol. The monoisotopic (exact) mass is 366 g/mol. The Bertz CT molecular complexity index is 880. The van der Waals surface area contributed by atoms with Crippen LogP contribution in [0.2, 0.25) is 0 Å². The molecule has 0 aromatic heterocycles. The lowest BCUT2D eigenvalue weighted by Crippen LogP contribution is -2.46. The van der Waals surface area contributed by atoms with Gasteiger partial charge in [-0.2, -0.15) is 0 Å². The standard InChI is InChI=1S/C21H22N2O4/c1-2-19(24)23-10-9-15-5-3-4-6-16(15)20(23)21(25)22-12-14-7-8-17-18(11-14)27-13-26-17/h3-8,11,20H,2,9-10,12-13H2,1H3,(H,22,25)/t20-/m1/s1. The number of fused-ring (bicyclic) bond motifs is 2. The van der Waals surface area contributed by atoms with E-state index in [-0.39, 0.29) is 18.6 Å². The molecular formula is C21H22N2O4. The summed E-state index contributed by atoms with van der Waals surface area (Å²) >= 11 is 0. The van der Waals surface area contributed by atoms with Crippen molar-refractivity contribution in [2.45, 2.75) is 32.4 Å². The fourth-order valence-corrected chi connectivity index (χ4v) is 3.66. The number of carbonyl (C=O) groups is 2. The fourth-order valence-electron chi connectivity index (χ4n) is 3.66. The molecule has 1 N–H and O–H groups in total. The van der Waals surface area contributed by atoms with Gasteiger partial charge in [-0.05, 0) is 35.2 Å². The lowest BCUT2D eigenvalue weighted by molar-refractivity contribution is -0.141. The largest absolute Gasteiger partial charge is 0.454 e. The van der Waals surface area contributed by atoms with Gasteiger partial charge in [-0.15, -0.1) is 0 Å². The van der Waals surface area contributed by atoms with Crippen molar-refractivity contribution < 1.29 is 19.1 Å². The van der Waals surface area contributed by atoms with Gasteiger partial charge in [0, 0.05) is 19.5 Å². The summed E-state index contributed by atoms with van der Waals surface area (Å²) in [7, 11) is 0. The van der Waals surface area contributed by atoms with E-state index in [4.69, 9.17) is 9.47 Å². The first kappa shape index (κ1) is 17.4. The summed E-state index contributed by atoms with van der Waals surface area (Å²) in [5, 5.41) is 2.98. The Morgan fingerprint density at radius 3 is 2.81 bits per heavy atom. The zero-order valence-electron chi connectivity index (χ0n) is 15.2. The molecule has 0 bridgehead atoms. The normalized spacial score (nSPS) is 17.4. The Morgan fingerprint density at radius 1 is 1.15 bits per heavy atom. The van der Waals surface area contributed by atoms with Crippen LogP contribution in [0.5, 0.6) is 11.5 Å². The van der Waals surface area contributed by atoms with E-state index in [1.54, 1.807) is 4.90 Å². The van der Waals surface area contributed by atoms with Crippen LogP contribution in [0.1, 0.15) is 36.1 Å². The number of hydrogen-bond acceptors (Lipinski definition) is 4. The van der Waals surface area contributed by atoms with Gasteiger partial charge < -0.3 is 19.7 Å². The van der Waals surface area contributed by atoms with Crippen molar-refractivity contribution >= 4 is 11.8 Å². The molecule has 0 fully saturated rings. The second-order valence-electron chi connectivity index (χ2n) is 6.70. The van der Waals surface area contributed by atoms with Crippen molar-refractivity contribution in [3.05, 3.63) is 59.2 Å². The molecule has 0 unspecified atom stereocenters. The van der Waals surface area contributed by atoms with Crippen LogP contribution in [0.4, 0.5) is 0 Å². The van der Waals surface area contributed by atoms with Crippen LogP contribution in [-0.4, -0.2) is 30.1 Å². The van der Waals surface area contributed by atoms with Crippen LogP contribution in [0.3, 0.4) is 0 Å². The van der Waals surface area contributed by atoms with E-state index in [0.717, 1.165) is 23.1 Å². The summed E-state index contributed by atoms with van der Waals surface area (Å²) in [6, 6.07) is 12.9. The van der Waals surface area contributed by atoms with Gasteiger partial charge >= 0.3 is 0 Å². The Morgan fingerprint density at radius 2 is 1.96 bits per heavy atom. The Balaban J connectivity index is 1.54. The van der Waals surface area contributed by atoms with E-state index in [0.29, 0.717) is 31.0 Å². The van der Waals surface area contributed by atoms with Gasteiger partial charge in [0.2, 0.25) is 18.6 Å². The molecule has 0 spiro atoms. The summed E-state index contributed by atoms with van der Waals surface area (Å²) in [5.74, 6) is 1.23. The van der Waals surface area contributed by atoms with Gasteiger partial charge in [-0.25, -0.2) is 0 Å². The van der Waals surface area contributed by atoms with Gasteiger partial charge in [0.1, 0.15) is 6.04 Å². The van der Waals surface area contributed by atoms with Crippen molar-refractivity contribution in [2.75, 3.05) is 13.3 Å². The second-order valence-corrected chi connectivity index (χ2v) is 6.70. The summed E-state index contributed by atoms with van der Waals surface area (Å²) < 4.78 is 10.7. The third kappa shape index (κ3) is 3.35. The fraction of sp³-hybridized carbons (Fsp3) is 0.333. The molecule has 6 heteroatoms. The highest BCUT2D eigenvalue weighted by molar-refractivity contribution is 5.89.